The lowest BCUT2D eigenvalue weighted by atomic mass is 10.1. The molecule has 0 aromatic carbocycles. The van der Waals surface area contributed by atoms with Gasteiger partial charge in [-0.2, -0.15) is 5.26 Å². The Bertz CT molecular complexity index is 358. The maximum Gasteiger partial charge on any atom is 0.139 e. The van der Waals surface area contributed by atoms with Crippen LogP contribution in [0.15, 0.2) is 48.7 Å². The van der Waals surface area contributed by atoms with E-state index in [1.165, 1.54) is 0 Å². The molecule has 0 aromatic heterocycles. The molecule has 0 N–H and O–H groups in total. The van der Waals surface area contributed by atoms with Crippen molar-refractivity contribution in [2.45, 2.75) is 6.04 Å². The van der Waals surface area contributed by atoms with Crippen molar-refractivity contribution < 1.29 is 4.74 Å². The van der Waals surface area contributed by atoms with Crippen LogP contribution >= 0.6 is 0 Å². The first-order valence-electron chi connectivity index (χ1n) is 3.97. The molecule has 0 spiro atoms. The Kier molecular flexibility index (Phi) is 1.89. The maximum absolute atomic E-state index is 8.85. The summed E-state index contributed by atoms with van der Waals surface area (Å²) in [4.78, 5) is 1.85. The quantitative estimate of drug-likeness (QED) is 0.557. The Labute approximate surface area is 76.5 Å². The fraction of sp³-hybridized carbons (Fsp3) is 0.100. The van der Waals surface area contributed by atoms with Gasteiger partial charge in [0.25, 0.3) is 0 Å². The summed E-state index contributed by atoms with van der Waals surface area (Å²) in [6.45, 7) is 0. The van der Waals surface area contributed by atoms with Gasteiger partial charge < -0.3 is 9.64 Å². The number of nitrogens with zero attached hydrogens (tertiary/aromatic N) is 2. The second-order valence-electron chi connectivity index (χ2n) is 2.68. The smallest absolute Gasteiger partial charge is 0.139 e. The Morgan fingerprint density at radius 3 is 3.23 bits per heavy atom. The molecule has 1 unspecified atom stereocenters. The Balaban J connectivity index is 2.37. The average Bonchev–Trinajstić information content (AvgIpc) is 2.41. The van der Waals surface area contributed by atoms with Crippen LogP contribution in [0.25, 0.3) is 0 Å². The van der Waals surface area contributed by atoms with Gasteiger partial charge in [-0.15, -0.1) is 0 Å². The summed E-state index contributed by atoms with van der Waals surface area (Å²) in [5.41, 5.74) is 0.961. The van der Waals surface area contributed by atoms with E-state index in [9.17, 15) is 0 Å². The third-order valence-electron chi connectivity index (χ3n) is 1.91. The molecule has 3 heteroatoms. The Morgan fingerprint density at radius 2 is 2.38 bits per heavy atom. The van der Waals surface area contributed by atoms with E-state index < -0.39 is 0 Å². The lowest BCUT2D eigenvalue weighted by molar-refractivity contribution is 0.391. The van der Waals surface area contributed by atoms with Crippen LogP contribution < -0.4 is 0 Å². The minimum absolute atomic E-state index is 0.234. The molecule has 3 nitrogen and oxygen atoms in total. The summed E-state index contributed by atoms with van der Waals surface area (Å²) < 4.78 is 5.00. The summed E-state index contributed by atoms with van der Waals surface area (Å²) in [6.07, 6.45) is 12.4. The van der Waals surface area contributed by atoms with Crippen molar-refractivity contribution in [1.82, 2.24) is 4.90 Å². The van der Waals surface area contributed by atoms with E-state index in [1.54, 1.807) is 18.7 Å². The van der Waals surface area contributed by atoms with Gasteiger partial charge in [0.15, 0.2) is 0 Å². The van der Waals surface area contributed by atoms with Crippen LogP contribution in [-0.4, -0.2) is 10.9 Å². The van der Waals surface area contributed by atoms with Crippen LogP contribution in [0.5, 0.6) is 0 Å². The standard InChI is InChI=1S/C10H8N2O/c11-8-10-3-1-2-9-4-6-13-7-5-12(9)10/h1-7,10H. The van der Waals surface area contributed by atoms with Gasteiger partial charge in [0.2, 0.25) is 0 Å². The lowest BCUT2D eigenvalue weighted by Crippen LogP contribution is -2.27. The van der Waals surface area contributed by atoms with Crippen molar-refractivity contribution in [2.24, 2.45) is 0 Å². The lowest BCUT2D eigenvalue weighted by Gasteiger charge is -2.25. The summed E-state index contributed by atoms with van der Waals surface area (Å²) >= 11 is 0. The van der Waals surface area contributed by atoms with Crippen LogP contribution in [0.3, 0.4) is 0 Å². The van der Waals surface area contributed by atoms with Crippen LogP contribution in [0, 0.1) is 11.3 Å². The van der Waals surface area contributed by atoms with Crippen molar-refractivity contribution in [2.75, 3.05) is 0 Å². The van der Waals surface area contributed by atoms with E-state index in [1.807, 2.05) is 29.2 Å². The Hall–Kier alpha value is -1.95. The molecule has 2 rings (SSSR count). The predicted octanol–water partition coefficient (Wildman–Crippen LogP) is 1.65. The van der Waals surface area contributed by atoms with Crippen LogP contribution in [0.1, 0.15) is 0 Å². The summed E-state index contributed by atoms with van der Waals surface area (Å²) in [5.74, 6) is 0. The highest BCUT2D eigenvalue weighted by molar-refractivity contribution is 5.33. The van der Waals surface area contributed by atoms with Crippen LogP contribution in [-0.2, 0) is 4.74 Å². The normalized spacial score (nSPS) is 24.1. The summed E-state index contributed by atoms with van der Waals surface area (Å²) in [5, 5.41) is 8.85. The third kappa shape index (κ3) is 1.34. The van der Waals surface area contributed by atoms with E-state index >= 15 is 0 Å². The topological polar surface area (TPSA) is 36.3 Å². The van der Waals surface area contributed by atoms with Gasteiger partial charge in [0.05, 0.1) is 12.3 Å². The number of hydrogen-bond donors (Lipinski definition) is 0. The minimum atomic E-state index is -0.234. The van der Waals surface area contributed by atoms with Gasteiger partial charge in [0, 0.05) is 11.9 Å². The van der Waals surface area contributed by atoms with Gasteiger partial charge in [0.1, 0.15) is 12.3 Å². The number of rotatable bonds is 0. The SMILES string of the molecule is N#CC1C=CC=C2C=COC=CN21. The van der Waals surface area contributed by atoms with Crippen LogP contribution in [0.2, 0.25) is 0 Å². The fourth-order valence-corrected chi connectivity index (χ4v) is 1.28. The third-order valence-corrected chi connectivity index (χ3v) is 1.91. The molecule has 1 atom stereocenters. The zero-order valence-electron chi connectivity index (χ0n) is 6.92. The molecular weight excluding hydrogens is 164 g/mol. The first-order valence-corrected chi connectivity index (χ1v) is 3.97. The molecular formula is C10H8N2O. The van der Waals surface area contributed by atoms with E-state index in [4.69, 9.17) is 10.00 Å². The number of hydrogen-bond acceptors (Lipinski definition) is 3. The molecule has 0 aliphatic carbocycles. The van der Waals surface area contributed by atoms with E-state index in [2.05, 4.69) is 6.07 Å². The molecule has 0 amide bonds. The molecule has 2 aliphatic heterocycles. The first-order chi connectivity index (χ1) is 6.42. The summed E-state index contributed by atoms with van der Waals surface area (Å²) in [6, 6.07) is 1.95. The monoisotopic (exact) mass is 172 g/mol. The minimum Gasteiger partial charge on any atom is -0.471 e. The van der Waals surface area contributed by atoms with Gasteiger partial charge in [-0.05, 0) is 18.2 Å². The highest BCUT2D eigenvalue weighted by atomic mass is 16.5. The van der Waals surface area contributed by atoms with Gasteiger partial charge in [-0.1, -0.05) is 6.08 Å². The number of nitriles is 1. The molecule has 2 aliphatic rings. The van der Waals surface area contributed by atoms with Crippen molar-refractivity contribution in [3.63, 3.8) is 0 Å². The molecule has 0 radical (unpaired) electrons. The zero-order valence-corrected chi connectivity index (χ0v) is 6.92. The largest absolute Gasteiger partial charge is 0.471 e. The van der Waals surface area contributed by atoms with Gasteiger partial charge >= 0.3 is 0 Å². The van der Waals surface area contributed by atoms with Crippen molar-refractivity contribution in [3.8, 4) is 6.07 Å². The maximum atomic E-state index is 8.85. The molecule has 0 fully saturated rings. The van der Waals surface area contributed by atoms with Gasteiger partial charge in [-0.25, -0.2) is 0 Å². The van der Waals surface area contributed by atoms with Crippen molar-refractivity contribution in [3.05, 3.63) is 48.7 Å². The van der Waals surface area contributed by atoms with Crippen molar-refractivity contribution >= 4 is 0 Å². The predicted molar refractivity (Wildman–Crippen MR) is 47.8 cm³/mol. The molecule has 0 saturated carbocycles. The number of ether oxygens (including phenoxy) is 1. The Morgan fingerprint density at radius 1 is 1.46 bits per heavy atom. The van der Waals surface area contributed by atoms with Gasteiger partial charge in [-0.3, -0.25) is 0 Å². The second kappa shape index (κ2) is 3.20. The molecule has 0 aromatic rings. The molecule has 0 bridgehead atoms. The van der Waals surface area contributed by atoms with E-state index in [0.717, 1.165) is 5.70 Å². The number of allylic oxidation sites excluding steroid dienone is 3. The van der Waals surface area contributed by atoms with E-state index in [-0.39, 0.29) is 6.04 Å². The molecule has 64 valence electrons. The van der Waals surface area contributed by atoms with Crippen LogP contribution in [0.4, 0.5) is 0 Å². The molecule has 2 heterocycles. The van der Waals surface area contributed by atoms with Crippen molar-refractivity contribution in [1.29, 1.82) is 5.26 Å². The summed E-state index contributed by atoms with van der Waals surface area (Å²) in [7, 11) is 0. The fourth-order valence-electron chi connectivity index (χ4n) is 1.28. The number of fused-ring (bicyclic) bond motifs is 1. The highest BCUT2D eigenvalue weighted by Gasteiger charge is 2.17. The first kappa shape index (κ1) is 7.69. The highest BCUT2D eigenvalue weighted by Crippen LogP contribution is 2.19. The zero-order chi connectivity index (χ0) is 9.10. The average molecular weight is 172 g/mol. The second-order valence-corrected chi connectivity index (χ2v) is 2.68. The molecule has 0 saturated heterocycles. The molecule has 13 heavy (non-hydrogen) atoms. The van der Waals surface area contributed by atoms with E-state index in [0.29, 0.717) is 0 Å².